The molecule has 0 bridgehead atoms. The molecule has 0 aromatic heterocycles. The number of ether oxygens (including phenoxy) is 1. The monoisotopic (exact) mass is 380 g/mol. The number of piperidine rings is 1. The Morgan fingerprint density at radius 1 is 1.27 bits per heavy atom. The van der Waals surface area contributed by atoms with E-state index in [1.807, 2.05) is 36.1 Å². The van der Waals surface area contributed by atoms with Crippen LogP contribution in [0.25, 0.3) is 0 Å². The quantitative estimate of drug-likeness (QED) is 0.779. The summed E-state index contributed by atoms with van der Waals surface area (Å²) in [5.74, 6) is 0.185. The Morgan fingerprint density at radius 2 is 1.96 bits per heavy atom. The number of aryl methyl sites for hydroxylation is 1. The van der Waals surface area contributed by atoms with Crippen LogP contribution in [0.15, 0.2) is 24.3 Å². The van der Waals surface area contributed by atoms with Gasteiger partial charge in [-0.05, 0) is 24.8 Å². The highest BCUT2D eigenvalue weighted by atomic mass is 32.2. The molecule has 1 aromatic carbocycles. The van der Waals surface area contributed by atoms with Crippen LogP contribution in [0.1, 0.15) is 24.5 Å². The van der Waals surface area contributed by atoms with E-state index in [0.717, 1.165) is 17.5 Å². The van der Waals surface area contributed by atoms with Gasteiger partial charge in [0.2, 0.25) is 15.9 Å². The minimum absolute atomic E-state index is 0.0215. The lowest BCUT2D eigenvalue weighted by Crippen LogP contribution is -2.51. The van der Waals surface area contributed by atoms with E-state index >= 15 is 0 Å². The fourth-order valence-corrected chi connectivity index (χ4v) is 5.83. The van der Waals surface area contributed by atoms with Gasteiger partial charge in [0.05, 0.1) is 12.4 Å². The zero-order valence-electron chi connectivity index (χ0n) is 15.8. The second-order valence-corrected chi connectivity index (χ2v) is 9.71. The third kappa shape index (κ3) is 3.80. The van der Waals surface area contributed by atoms with Crippen LogP contribution in [0.5, 0.6) is 0 Å². The summed E-state index contributed by atoms with van der Waals surface area (Å²) in [4.78, 5) is 13.7. The van der Waals surface area contributed by atoms with Crippen LogP contribution < -0.4 is 0 Å². The summed E-state index contributed by atoms with van der Waals surface area (Å²) in [7, 11) is -1.71. The molecule has 2 atom stereocenters. The largest absolute Gasteiger partial charge is 0.384 e. The maximum atomic E-state index is 12.9. The third-order valence-electron chi connectivity index (χ3n) is 5.84. The standard InChI is InChI=1S/C19H28N2O4S/c1-15-4-6-17(7-5-15)12-26(23,24)21-9-8-19(14-25-3)13-20(16(2)22)10-18(19)11-21/h4-7,18H,8-14H2,1-3H3/t18-,19-/m0/s1. The van der Waals surface area contributed by atoms with E-state index in [4.69, 9.17) is 4.74 Å². The summed E-state index contributed by atoms with van der Waals surface area (Å²) in [5, 5.41) is 0. The third-order valence-corrected chi connectivity index (χ3v) is 7.65. The van der Waals surface area contributed by atoms with Crippen molar-refractivity contribution in [3.8, 4) is 0 Å². The van der Waals surface area contributed by atoms with Crippen LogP contribution in [-0.2, 0) is 25.3 Å². The van der Waals surface area contributed by atoms with Crippen molar-refractivity contribution < 1.29 is 17.9 Å². The Morgan fingerprint density at radius 3 is 2.58 bits per heavy atom. The predicted molar refractivity (Wildman–Crippen MR) is 100 cm³/mol. The second-order valence-electron chi connectivity index (χ2n) is 7.74. The van der Waals surface area contributed by atoms with Crippen LogP contribution in [-0.4, -0.2) is 63.4 Å². The Labute approximate surface area is 156 Å². The number of rotatable bonds is 5. The van der Waals surface area contributed by atoms with Gasteiger partial charge in [-0.3, -0.25) is 4.79 Å². The molecule has 7 heteroatoms. The SMILES string of the molecule is COC[C@@]12CCN(S(=O)(=O)Cc3ccc(C)cc3)C[C@@H]1CN(C(C)=O)C2. The molecule has 6 nitrogen and oxygen atoms in total. The van der Waals surface area contributed by atoms with Gasteiger partial charge in [-0.2, -0.15) is 0 Å². The molecule has 1 amide bonds. The number of nitrogens with zero attached hydrogens (tertiary/aromatic N) is 2. The minimum atomic E-state index is -3.38. The lowest BCUT2D eigenvalue weighted by Gasteiger charge is -2.42. The molecule has 2 heterocycles. The highest BCUT2D eigenvalue weighted by Gasteiger charge is 2.51. The molecule has 2 aliphatic rings. The van der Waals surface area contributed by atoms with Crippen molar-refractivity contribution in [2.24, 2.45) is 11.3 Å². The Hall–Kier alpha value is -1.44. The number of carbonyl (C=O) groups excluding carboxylic acids is 1. The Bertz CT molecular complexity index is 762. The molecule has 0 N–H and O–H groups in total. The topological polar surface area (TPSA) is 66.9 Å². The molecule has 2 saturated heterocycles. The summed E-state index contributed by atoms with van der Waals surface area (Å²) in [6.45, 7) is 6.33. The normalized spacial score (nSPS) is 26.7. The van der Waals surface area contributed by atoms with Crippen LogP contribution in [0.2, 0.25) is 0 Å². The summed E-state index contributed by atoms with van der Waals surface area (Å²) >= 11 is 0. The van der Waals surface area contributed by atoms with Crippen molar-refractivity contribution in [1.29, 1.82) is 0 Å². The molecule has 0 spiro atoms. The van der Waals surface area contributed by atoms with Crippen molar-refractivity contribution in [3.05, 3.63) is 35.4 Å². The van der Waals surface area contributed by atoms with E-state index in [-0.39, 0.29) is 23.0 Å². The van der Waals surface area contributed by atoms with Gasteiger partial charge in [-0.1, -0.05) is 29.8 Å². The van der Waals surface area contributed by atoms with Gasteiger partial charge in [-0.25, -0.2) is 12.7 Å². The van der Waals surface area contributed by atoms with Crippen LogP contribution in [0.4, 0.5) is 0 Å². The number of hydrogen-bond acceptors (Lipinski definition) is 4. The number of carbonyl (C=O) groups is 1. The van der Waals surface area contributed by atoms with Gasteiger partial charge in [-0.15, -0.1) is 0 Å². The number of fused-ring (bicyclic) bond motifs is 1. The molecular formula is C19H28N2O4S. The van der Waals surface area contributed by atoms with E-state index in [1.54, 1.807) is 18.3 Å². The highest BCUT2D eigenvalue weighted by molar-refractivity contribution is 7.88. The van der Waals surface area contributed by atoms with Crippen LogP contribution in [0.3, 0.4) is 0 Å². The Kier molecular flexibility index (Phi) is 5.42. The van der Waals surface area contributed by atoms with Crippen LogP contribution >= 0.6 is 0 Å². The molecule has 26 heavy (non-hydrogen) atoms. The number of hydrogen-bond donors (Lipinski definition) is 0. The van der Waals surface area contributed by atoms with Gasteiger partial charge in [0.1, 0.15) is 0 Å². The summed E-state index contributed by atoms with van der Waals surface area (Å²) in [5.41, 5.74) is 1.79. The number of methoxy groups -OCH3 is 1. The van der Waals surface area contributed by atoms with E-state index < -0.39 is 10.0 Å². The summed E-state index contributed by atoms with van der Waals surface area (Å²) in [6.07, 6.45) is 0.725. The molecular weight excluding hydrogens is 352 g/mol. The van der Waals surface area contributed by atoms with Gasteiger partial charge in [0.25, 0.3) is 0 Å². The molecule has 1 aromatic rings. The molecule has 2 fully saturated rings. The summed E-state index contributed by atoms with van der Waals surface area (Å²) < 4.78 is 32.9. The first-order valence-electron chi connectivity index (χ1n) is 9.03. The first-order chi connectivity index (χ1) is 12.3. The fraction of sp³-hybridized carbons (Fsp3) is 0.632. The smallest absolute Gasteiger partial charge is 0.219 e. The first-order valence-corrected chi connectivity index (χ1v) is 10.6. The van der Waals surface area contributed by atoms with Gasteiger partial charge in [0, 0.05) is 45.6 Å². The zero-order valence-corrected chi connectivity index (χ0v) is 16.6. The average Bonchev–Trinajstić information content (AvgIpc) is 2.96. The maximum Gasteiger partial charge on any atom is 0.219 e. The van der Waals surface area contributed by atoms with Gasteiger partial charge < -0.3 is 9.64 Å². The van der Waals surface area contributed by atoms with Crippen molar-refractivity contribution in [2.75, 3.05) is 39.9 Å². The van der Waals surface area contributed by atoms with Crippen molar-refractivity contribution in [3.63, 3.8) is 0 Å². The number of sulfonamides is 1. The average molecular weight is 381 g/mol. The van der Waals surface area contributed by atoms with E-state index in [1.165, 1.54) is 0 Å². The zero-order chi connectivity index (χ0) is 18.9. The van der Waals surface area contributed by atoms with Gasteiger partial charge in [0.15, 0.2) is 0 Å². The first kappa shape index (κ1) is 19.3. The van der Waals surface area contributed by atoms with Crippen molar-refractivity contribution in [2.45, 2.75) is 26.0 Å². The van der Waals surface area contributed by atoms with Crippen LogP contribution in [0, 0.1) is 18.3 Å². The molecule has 144 valence electrons. The second kappa shape index (κ2) is 7.29. The molecule has 0 radical (unpaired) electrons. The fourth-order valence-electron chi connectivity index (χ4n) is 4.25. The van der Waals surface area contributed by atoms with Gasteiger partial charge >= 0.3 is 0 Å². The molecule has 0 saturated carbocycles. The Balaban J connectivity index is 1.75. The lowest BCUT2D eigenvalue weighted by molar-refractivity contribution is -0.128. The number of amides is 1. The number of benzene rings is 1. The molecule has 2 aliphatic heterocycles. The van der Waals surface area contributed by atoms with E-state index in [2.05, 4.69) is 0 Å². The predicted octanol–water partition coefficient (Wildman–Crippen LogP) is 1.64. The van der Waals surface area contributed by atoms with E-state index in [0.29, 0.717) is 32.8 Å². The highest BCUT2D eigenvalue weighted by Crippen LogP contribution is 2.43. The maximum absolute atomic E-state index is 12.9. The van der Waals surface area contributed by atoms with Crippen molar-refractivity contribution in [1.82, 2.24) is 9.21 Å². The van der Waals surface area contributed by atoms with Crippen molar-refractivity contribution >= 4 is 15.9 Å². The lowest BCUT2D eigenvalue weighted by atomic mass is 9.74. The number of likely N-dealkylation sites (tertiary alicyclic amines) is 1. The molecule has 0 unspecified atom stereocenters. The summed E-state index contributed by atoms with van der Waals surface area (Å²) in [6, 6.07) is 7.62. The van der Waals surface area contributed by atoms with E-state index in [9.17, 15) is 13.2 Å². The molecule has 3 rings (SSSR count). The minimum Gasteiger partial charge on any atom is -0.384 e. The molecule has 0 aliphatic carbocycles.